The molecule has 3 aromatic rings. The van der Waals surface area contributed by atoms with Gasteiger partial charge in [-0.05, 0) is 6.42 Å². The molecule has 0 amide bonds. The largest absolute Gasteiger partial charge is 0.363 e. The summed E-state index contributed by atoms with van der Waals surface area (Å²) in [5.74, 6) is 6.36. The van der Waals surface area contributed by atoms with Crippen LogP contribution in [0.3, 0.4) is 0 Å². The summed E-state index contributed by atoms with van der Waals surface area (Å²) in [5.41, 5.74) is 3.07. The van der Waals surface area contributed by atoms with E-state index in [1.54, 1.807) is 17.5 Å². The van der Waals surface area contributed by atoms with Gasteiger partial charge in [-0.15, -0.1) is 11.3 Å². The Hall–Kier alpha value is -2.26. The van der Waals surface area contributed by atoms with E-state index in [0.717, 1.165) is 16.8 Å². The lowest BCUT2D eigenvalue weighted by molar-refractivity contribution is 1.05. The van der Waals surface area contributed by atoms with Gasteiger partial charge in [-0.2, -0.15) is 15.1 Å². The Balaban J connectivity index is 1.84. The smallest absolute Gasteiger partial charge is 0.241 e. The SMILES string of the molecule is CCc1cnc(CNc2nc(NN)nc3[nH]ncc23)s1. The molecular weight excluding hydrogens is 276 g/mol. The minimum atomic E-state index is 0.331. The van der Waals surface area contributed by atoms with E-state index >= 15 is 0 Å². The van der Waals surface area contributed by atoms with E-state index in [9.17, 15) is 0 Å². The third-order valence-electron chi connectivity index (χ3n) is 2.80. The van der Waals surface area contributed by atoms with Crippen LogP contribution in [0.5, 0.6) is 0 Å². The van der Waals surface area contributed by atoms with Crippen molar-refractivity contribution in [3.8, 4) is 0 Å². The van der Waals surface area contributed by atoms with Crippen LogP contribution < -0.4 is 16.6 Å². The predicted octanol–water partition coefficient (Wildman–Crippen LogP) is 1.27. The first-order chi connectivity index (χ1) is 9.80. The van der Waals surface area contributed by atoms with Gasteiger partial charge in [-0.3, -0.25) is 10.5 Å². The number of nitrogens with zero attached hydrogens (tertiary/aromatic N) is 4. The number of fused-ring (bicyclic) bond motifs is 1. The third-order valence-corrected chi connectivity index (χ3v) is 3.94. The maximum absolute atomic E-state index is 5.36. The second-order valence-corrected chi connectivity index (χ2v) is 5.30. The van der Waals surface area contributed by atoms with Gasteiger partial charge in [0.05, 0.1) is 18.1 Å². The normalized spacial score (nSPS) is 10.9. The van der Waals surface area contributed by atoms with Crippen molar-refractivity contribution in [2.24, 2.45) is 5.84 Å². The fourth-order valence-electron chi connectivity index (χ4n) is 1.79. The fraction of sp³-hybridized carbons (Fsp3) is 0.273. The molecule has 0 aliphatic rings. The number of nitrogens with one attached hydrogen (secondary N) is 3. The molecule has 20 heavy (non-hydrogen) atoms. The van der Waals surface area contributed by atoms with Gasteiger partial charge in [0.15, 0.2) is 5.65 Å². The Kier molecular flexibility index (Phi) is 3.44. The molecule has 3 heterocycles. The molecule has 3 rings (SSSR count). The lowest BCUT2D eigenvalue weighted by atomic mass is 10.4. The number of thiazole rings is 1. The Bertz CT molecular complexity index is 718. The van der Waals surface area contributed by atoms with Gasteiger partial charge in [0, 0.05) is 11.1 Å². The summed E-state index contributed by atoms with van der Waals surface area (Å²) in [4.78, 5) is 14.1. The summed E-state index contributed by atoms with van der Waals surface area (Å²) < 4.78 is 0. The van der Waals surface area contributed by atoms with E-state index in [2.05, 4.69) is 42.8 Å². The van der Waals surface area contributed by atoms with Crippen molar-refractivity contribution in [1.29, 1.82) is 0 Å². The second kappa shape index (κ2) is 5.39. The fourth-order valence-corrected chi connectivity index (χ4v) is 2.59. The third kappa shape index (κ3) is 2.40. The molecule has 104 valence electrons. The monoisotopic (exact) mass is 290 g/mol. The van der Waals surface area contributed by atoms with Gasteiger partial charge in [0.1, 0.15) is 10.8 Å². The van der Waals surface area contributed by atoms with E-state index in [4.69, 9.17) is 5.84 Å². The Morgan fingerprint density at radius 3 is 3.00 bits per heavy atom. The van der Waals surface area contributed by atoms with E-state index in [1.165, 1.54) is 4.88 Å². The zero-order chi connectivity index (χ0) is 13.9. The first-order valence-electron chi connectivity index (χ1n) is 6.15. The molecule has 0 saturated carbocycles. The molecule has 0 radical (unpaired) electrons. The highest BCUT2D eigenvalue weighted by Crippen LogP contribution is 2.21. The van der Waals surface area contributed by atoms with Gasteiger partial charge >= 0.3 is 0 Å². The molecule has 0 saturated heterocycles. The van der Waals surface area contributed by atoms with Gasteiger partial charge < -0.3 is 5.32 Å². The van der Waals surface area contributed by atoms with E-state index in [-0.39, 0.29) is 0 Å². The lowest BCUT2D eigenvalue weighted by Crippen LogP contribution is -2.12. The van der Waals surface area contributed by atoms with Gasteiger partial charge in [0.2, 0.25) is 5.95 Å². The summed E-state index contributed by atoms with van der Waals surface area (Å²) in [6.45, 7) is 2.72. The molecule has 8 nitrogen and oxygen atoms in total. The van der Waals surface area contributed by atoms with Crippen LogP contribution in [0, 0.1) is 0 Å². The number of aryl methyl sites for hydroxylation is 1. The van der Waals surface area contributed by atoms with Crippen LogP contribution in [0.15, 0.2) is 12.4 Å². The van der Waals surface area contributed by atoms with Gasteiger partial charge in [-0.1, -0.05) is 6.92 Å². The first-order valence-corrected chi connectivity index (χ1v) is 6.97. The lowest BCUT2D eigenvalue weighted by Gasteiger charge is -2.06. The summed E-state index contributed by atoms with van der Waals surface area (Å²) >= 11 is 1.69. The molecule has 9 heteroatoms. The average Bonchev–Trinajstić information content (AvgIpc) is 3.12. The molecule has 0 bridgehead atoms. The number of hydrazine groups is 1. The van der Waals surface area contributed by atoms with Gasteiger partial charge in [-0.25, -0.2) is 10.8 Å². The zero-order valence-electron chi connectivity index (χ0n) is 10.8. The molecule has 5 N–H and O–H groups in total. The molecule has 0 atom stereocenters. The first kappa shape index (κ1) is 12.8. The van der Waals surface area contributed by atoms with E-state index in [0.29, 0.717) is 24.0 Å². The van der Waals surface area contributed by atoms with Crippen LogP contribution >= 0.6 is 11.3 Å². The summed E-state index contributed by atoms with van der Waals surface area (Å²) in [7, 11) is 0. The van der Waals surface area contributed by atoms with Crippen molar-refractivity contribution < 1.29 is 0 Å². The topological polar surface area (TPSA) is 117 Å². The number of hydrogen-bond acceptors (Lipinski definition) is 8. The number of nitrogen functional groups attached to an aromatic ring is 1. The minimum Gasteiger partial charge on any atom is -0.363 e. The van der Waals surface area contributed by atoms with Crippen LogP contribution in [-0.2, 0) is 13.0 Å². The molecule has 0 aliphatic carbocycles. The molecule has 0 unspecified atom stereocenters. The number of H-pyrrole nitrogens is 1. The quantitative estimate of drug-likeness (QED) is 0.413. The Morgan fingerprint density at radius 2 is 2.25 bits per heavy atom. The molecule has 0 fully saturated rings. The van der Waals surface area contributed by atoms with Gasteiger partial charge in [0.25, 0.3) is 0 Å². The standard InChI is InChI=1S/C11H14N8S/c1-2-6-3-13-8(20-6)5-14-9-7-4-15-19-10(7)17-11(16-9)18-12/h3-4H,2,5,12H2,1H3,(H3,14,15,16,17,18,19). The van der Waals surface area contributed by atoms with Crippen LogP contribution in [0.4, 0.5) is 11.8 Å². The number of aromatic amines is 1. The zero-order valence-corrected chi connectivity index (χ0v) is 11.7. The number of anilines is 2. The molecule has 3 aromatic heterocycles. The molecular formula is C11H14N8S. The van der Waals surface area contributed by atoms with E-state index < -0.39 is 0 Å². The maximum atomic E-state index is 5.36. The van der Waals surface area contributed by atoms with Crippen LogP contribution in [0.1, 0.15) is 16.8 Å². The number of nitrogens with two attached hydrogens (primary N) is 1. The highest BCUT2D eigenvalue weighted by molar-refractivity contribution is 7.11. The summed E-state index contributed by atoms with van der Waals surface area (Å²) in [6.07, 6.45) is 4.58. The van der Waals surface area contributed by atoms with Crippen molar-refractivity contribution in [3.63, 3.8) is 0 Å². The molecule has 0 aliphatic heterocycles. The van der Waals surface area contributed by atoms with E-state index in [1.807, 2.05) is 6.20 Å². The highest BCUT2D eigenvalue weighted by atomic mass is 32.1. The van der Waals surface area contributed by atoms with Crippen LogP contribution in [0.25, 0.3) is 11.0 Å². The highest BCUT2D eigenvalue weighted by Gasteiger charge is 2.09. The Labute approximate surface area is 118 Å². The number of hydrogen-bond donors (Lipinski definition) is 4. The molecule has 0 spiro atoms. The van der Waals surface area contributed by atoms with Crippen LogP contribution in [0.2, 0.25) is 0 Å². The van der Waals surface area contributed by atoms with Crippen molar-refractivity contribution in [2.75, 3.05) is 10.7 Å². The summed E-state index contributed by atoms with van der Waals surface area (Å²) in [6, 6.07) is 0. The summed E-state index contributed by atoms with van der Waals surface area (Å²) in [5, 5.41) is 11.8. The maximum Gasteiger partial charge on any atom is 0.241 e. The number of rotatable bonds is 5. The van der Waals surface area contributed by atoms with Crippen molar-refractivity contribution in [2.45, 2.75) is 19.9 Å². The molecule has 0 aromatic carbocycles. The second-order valence-electron chi connectivity index (χ2n) is 4.10. The predicted molar refractivity (Wildman–Crippen MR) is 78.3 cm³/mol. The Morgan fingerprint density at radius 1 is 1.35 bits per heavy atom. The minimum absolute atomic E-state index is 0.331. The number of aromatic nitrogens is 5. The van der Waals surface area contributed by atoms with Crippen molar-refractivity contribution >= 4 is 34.1 Å². The van der Waals surface area contributed by atoms with Crippen molar-refractivity contribution in [1.82, 2.24) is 25.1 Å². The average molecular weight is 290 g/mol. The van der Waals surface area contributed by atoms with Crippen LogP contribution in [-0.4, -0.2) is 25.1 Å². The van der Waals surface area contributed by atoms with Crippen molar-refractivity contribution in [3.05, 3.63) is 22.3 Å².